The molecule has 0 unspecified atom stereocenters. The van der Waals surface area contributed by atoms with Gasteiger partial charge in [-0.3, -0.25) is 4.79 Å². The van der Waals surface area contributed by atoms with Crippen molar-refractivity contribution < 1.29 is 4.79 Å². The van der Waals surface area contributed by atoms with Crippen LogP contribution >= 0.6 is 15.9 Å². The lowest BCUT2D eigenvalue weighted by atomic mass is 10.2. The Bertz CT molecular complexity index is 328. The quantitative estimate of drug-likeness (QED) is 0.858. The SMILES string of the molecule is NCCCC(=O)NCc1cccc(Br)c1. The number of nitrogens with one attached hydrogen (secondary N) is 1. The van der Waals surface area contributed by atoms with Crippen molar-refractivity contribution in [3.63, 3.8) is 0 Å². The van der Waals surface area contributed by atoms with Crippen molar-refractivity contribution in [3.8, 4) is 0 Å². The van der Waals surface area contributed by atoms with Crippen molar-refractivity contribution in [1.82, 2.24) is 5.32 Å². The zero-order chi connectivity index (χ0) is 11.1. The maximum absolute atomic E-state index is 11.3. The van der Waals surface area contributed by atoms with Gasteiger partial charge in [0.2, 0.25) is 5.91 Å². The molecule has 0 aliphatic carbocycles. The van der Waals surface area contributed by atoms with E-state index in [0.29, 0.717) is 19.5 Å². The van der Waals surface area contributed by atoms with Crippen LogP contribution in [-0.2, 0) is 11.3 Å². The molecule has 0 aromatic heterocycles. The molecule has 1 rings (SSSR count). The molecule has 4 heteroatoms. The van der Waals surface area contributed by atoms with Gasteiger partial charge in [0.05, 0.1) is 0 Å². The molecule has 0 fully saturated rings. The van der Waals surface area contributed by atoms with Crippen molar-refractivity contribution in [1.29, 1.82) is 0 Å². The fourth-order valence-corrected chi connectivity index (χ4v) is 1.65. The average molecular weight is 271 g/mol. The predicted molar refractivity (Wildman–Crippen MR) is 64.3 cm³/mol. The van der Waals surface area contributed by atoms with Crippen LogP contribution in [0, 0.1) is 0 Å². The van der Waals surface area contributed by atoms with E-state index in [1.54, 1.807) is 0 Å². The summed E-state index contributed by atoms with van der Waals surface area (Å²) >= 11 is 3.38. The van der Waals surface area contributed by atoms with E-state index in [2.05, 4.69) is 21.2 Å². The molecule has 0 radical (unpaired) electrons. The molecule has 0 saturated carbocycles. The van der Waals surface area contributed by atoms with Gasteiger partial charge in [-0.1, -0.05) is 28.1 Å². The van der Waals surface area contributed by atoms with E-state index < -0.39 is 0 Å². The summed E-state index contributed by atoms with van der Waals surface area (Å²) in [6.07, 6.45) is 1.24. The van der Waals surface area contributed by atoms with E-state index in [1.165, 1.54) is 0 Å². The van der Waals surface area contributed by atoms with Crippen LogP contribution in [0.4, 0.5) is 0 Å². The van der Waals surface area contributed by atoms with Crippen molar-refractivity contribution in [3.05, 3.63) is 34.3 Å². The van der Waals surface area contributed by atoms with Crippen LogP contribution in [0.2, 0.25) is 0 Å². The zero-order valence-corrected chi connectivity index (χ0v) is 10.1. The van der Waals surface area contributed by atoms with E-state index in [0.717, 1.165) is 16.5 Å². The second kappa shape index (κ2) is 6.58. The van der Waals surface area contributed by atoms with Crippen LogP contribution in [0.5, 0.6) is 0 Å². The number of carbonyl (C=O) groups excluding carboxylic acids is 1. The summed E-state index contributed by atoms with van der Waals surface area (Å²) in [5.74, 6) is 0.0559. The third kappa shape index (κ3) is 4.95. The molecule has 1 aromatic rings. The topological polar surface area (TPSA) is 55.1 Å². The number of carbonyl (C=O) groups is 1. The third-order valence-corrected chi connectivity index (χ3v) is 2.48. The van der Waals surface area contributed by atoms with Crippen LogP contribution in [0.15, 0.2) is 28.7 Å². The standard InChI is InChI=1S/C11H15BrN2O/c12-10-4-1-3-9(7-10)8-14-11(15)5-2-6-13/h1,3-4,7H,2,5-6,8,13H2,(H,14,15). The summed E-state index contributed by atoms with van der Waals surface area (Å²) in [6.45, 7) is 1.13. The highest BCUT2D eigenvalue weighted by Crippen LogP contribution is 2.11. The molecular formula is C11H15BrN2O. The maximum atomic E-state index is 11.3. The monoisotopic (exact) mass is 270 g/mol. The lowest BCUT2D eigenvalue weighted by molar-refractivity contribution is -0.121. The molecule has 0 atom stereocenters. The first-order valence-electron chi connectivity index (χ1n) is 4.93. The van der Waals surface area contributed by atoms with Gasteiger partial charge in [-0.2, -0.15) is 0 Å². The van der Waals surface area contributed by atoms with Gasteiger partial charge in [0.25, 0.3) is 0 Å². The van der Waals surface area contributed by atoms with Crippen molar-refractivity contribution in [2.45, 2.75) is 19.4 Å². The van der Waals surface area contributed by atoms with E-state index in [1.807, 2.05) is 24.3 Å². The van der Waals surface area contributed by atoms with E-state index in [4.69, 9.17) is 5.73 Å². The first kappa shape index (κ1) is 12.2. The lowest BCUT2D eigenvalue weighted by Crippen LogP contribution is -2.23. The smallest absolute Gasteiger partial charge is 0.220 e. The van der Waals surface area contributed by atoms with Gasteiger partial charge >= 0.3 is 0 Å². The molecule has 15 heavy (non-hydrogen) atoms. The Morgan fingerprint density at radius 3 is 2.93 bits per heavy atom. The van der Waals surface area contributed by atoms with Crippen molar-refractivity contribution >= 4 is 21.8 Å². The number of rotatable bonds is 5. The molecule has 3 N–H and O–H groups in total. The number of hydrogen-bond donors (Lipinski definition) is 2. The minimum Gasteiger partial charge on any atom is -0.352 e. The normalized spacial score (nSPS) is 10.0. The van der Waals surface area contributed by atoms with Crippen LogP contribution < -0.4 is 11.1 Å². The van der Waals surface area contributed by atoms with Crippen molar-refractivity contribution in [2.75, 3.05) is 6.54 Å². The lowest BCUT2D eigenvalue weighted by Gasteiger charge is -2.05. The minimum absolute atomic E-state index is 0.0559. The highest BCUT2D eigenvalue weighted by Gasteiger charge is 2.00. The molecule has 82 valence electrons. The first-order chi connectivity index (χ1) is 7.22. The number of amides is 1. The largest absolute Gasteiger partial charge is 0.352 e. The van der Waals surface area contributed by atoms with Gasteiger partial charge in [-0.05, 0) is 30.7 Å². The maximum Gasteiger partial charge on any atom is 0.220 e. The molecule has 0 saturated heterocycles. The molecule has 0 heterocycles. The summed E-state index contributed by atoms with van der Waals surface area (Å²) in [6, 6.07) is 7.88. The van der Waals surface area contributed by atoms with Gasteiger partial charge in [0, 0.05) is 17.4 Å². The van der Waals surface area contributed by atoms with Gasteiger partial charge in [-0.15, -0.1) is 0 Å². The summed E-state index contributed by atoms with van der Waals surface area (Å²) in [4.78, 5) is 11.3. The summed E-state index contributed by atoms with van der Waals surface area (Å²) < 4.78 is 1.02. The number of halogens is 1. The molecular weight excluding hydrogens is 256 g/mol. The summed E-state index contributed by atoms with van der Waals surface area (Å²) in [5, 5.41) is 2.85. The number of benzene rings is 1. The van der Waals surface area contributed by atoms with Gasteiger partial charge in [0.15, 0.2) is 0 Å². The van der Waals surface area contributed by atoms with E-state index in [9.17, 15) is 4.79 Å². The van der Waals surface area contributed by atoms with E-state index >= 15 is 0 Å². The second-order valence-corrected chi connectivity index (χ2v) is 4.21. The Kier molecular flexibility index (Phi) is 5.36. The van der Waals surface area contributed by atoms with Gasteiger partial charge < -0.3 is 11.1 Å². The van der Waals surface area contributed by atoms with E-state index in [-0.39, 0.29) is 5.91 Å². The fraction of sp³-hybridized carbons (Fsp3) is 0.364. The van der Waals surface area contributed by atoms with Crippen LogP contribution in [-0.4, -0.2) is 12.5 Å². The Hall–Kier alpha value is -0.870. The molecule has 1 amide bonds. The Balaban J connectivity index is 2.33. The Morgan fingerprint density at radius 2 is 2.27 bits per heavy atom. The molecule has 0 aliphatic rings. The highest BCUT2D eigenvalue weighted by molar-refractivity contribution is 9.10. The molecule has 0 aliphatic heterocycles. The average Bonchev–Trinajstić information content (AvgIpc) is 2.23. The second-order valence-electron chi connectivity index (χ2n) is 3.30. The minimum atomic E-state index is 0.0559. The van der Waals surface area contributed by atoms with Crippen molar-refractivity contribution in [2.24, 2.45) is 5.73 Å². The third-order valence-electron chi connectivity index (χ3n) is 1.99. The summed E-state index contributed by atoms with van der Waals surface area (Å²) in [5.41, 5.74) is 6.41. The number of hydrogen-bond acceptors (Lipinski definition) is 2. The van der Waals surface area contributed by atoms with Gasteiger partial charge in [-0.25, -0.2) is 0 Å². The molecule has 3 nitrogen and oxygen atoms in total. The van der Waals surface area contributed by atoms with Crippen LogP contribution in [0.3, 0.4) is 0 Å². The fourth-order valence-electron chi connectivity index (χ4n) is 1.20. The van der Waals surface area contributed by atoms with Crippen LogP contribution in [0.1, 0.15) is 18.4 Å². The zero-order valence-electron chi connectivity index (χ0n) is 8.50. The number of nitrogens with two attached hydrogens (primary N) is 1. The molecule has 1 aromatic carbocycles. The predicted octanol–water partition coefficient (Wildman–Crippen LogP) is 1.80. The van der Waals surface area contributed by atoms with Gasteiger partial charge in [0.1, 0.15) is 0 Å². The van der Waals surface area contributed by atoms with Crippen LogP contribution in [0.25, 0.3) is 0 Å². The molecule has 0 spiro atoms. The summed E-state index contributed by atoms with van der Waals surface area (Å²) in [7, 11) is 0. The first-order valence-corrected chi connectivity index (χ1v) is 5.73. The Morgan fingerprint density at radius 1 is 1.47 bits per heavy atom. The highest BCUT2D eigenvalue weighted by atomic mass is 79.9. The molecule has 0 bridgehead atoms. The Labute approximate surface area is 98.2 Å².